The molecule has 10 N–H and O–H groups in total. The van der Waals surface area contributed by atoms with Crippen LogP contribution in [-0.2, 0) is 30.4 Å². The van der Waals surface area contributed by atoms with Crippen LogP contribution in [0.3, 0.4) is 0 Å². The molecule has 0 heterocycles. The molecular weight excluding hydrogens is 496 g/mol. The van der Waals surface area contributed by atoms with Gasteiger partial charge in [0.15, 0.2) is 5.96 Å². The number of amides is 5. The van der Waals surface area contributed by atoms with Gasteiger partial charge in [-0.2, -0.15) is 0 Å². The molecule has 210 valence electrons. The van der Waals surface area contributed by atoms with E-state index < -0.39 is 47.7 Å². The first kappa shape index (κ1) is 31.7. The second-order valence-corrected chi connectivity index (χ2v) is 8.69. The second-order valence-electron chi connectivity index (χ2n) is 8.69. The molecule has 38 heavy (non-hydrogen) atoms. The number of carbonyl (C=O) groups is 5. The first-order valence-electron chi connectivity index (χ1n) is 12.0. The molecule has 3 atom stereocenters. The van der Waals surface area contributed by atoms with Crippen LogP contribution >= 0.6 is 0 Å². The minimum absolute atomic E-state index is 0.0538. The third kappa shape index (κ3) is 11.1. The summed E-state index contributed by atoms with van der Waals surface area (Å²) in [5, 5.41) is 5.11. The van der Waals surface area contributed by atoms with Crippen molar-refractivity contribution in [3.8, 4) is 5.75 Å². The number of hydrogen-bond donors (Lipinski definition) is 6. The zero-order valence-electron chi connectivity index (χ0n) is 21.9. The lowest BCUT2D eigenvalue weighted by atomic mass is 10.0. The van der Waals surface area contributed by atoms with E-state index in [1.54, 1.807) is 24.3 Å². The number of guanidine groups is 1. The van der Waals surface area contributed by atoms with E-state index in [1.807, 2.05) is 0 Å². The number of hydrogen-bond acceptors (Lipinski definition) is 7. The highest BCUT2D eigenvalue weighted by Crippen LogP contribution is 2.14. The summed E-state index contributed by atoms with van der Waals surface area (Å²) < 4.78 is 5.13. The van der Waals surface area contributed by atoms with Gasteiger partial charge < -0.3 is 43.2 Å². The third-order valence-electron chi connectivity index (χ3n) is 5.66. The van der Waals surface area contributed by atoms with Gasteiger partial charge in [-0.15, -0.1) is 0 Å². The molecule has 0 radical (unpaired) electrons. The van der Waals surface area contributed by atoms with Crippen molar-refractivity contribution >= 4 is 35.5 Å². The predicted molar refractivity (Wildman–Crippen MR) is 140 cm³/mol. The molecule has 0 aliphatic carbocycles. The van der Waals surface area contributed by atoms with E-state index in [0.717, 1.165) is 10.5 Å². The van der Waals surface area contributed by atoms with E-state index in [0.29, 0.717) is 12.2 Å². The average Bonchev–Trinajstić information content (AvgIpc) is 2.85. The van der Waals surface area contributed by atoms with Crippen molar-refractivity contribution in [3.05, 3.63) is 29.8 Å². The maximum absolute atomic E-state index is 13.4. The minimum Gasteiger partial charge on any atom is -0.497 e. The van der Waals surface area contributed by atoms with Crippen LogP contribution in [0.4, 0.5) is 0 Å². The fourth-order valence-electron chi connectivity index (χ4n) is 3.67. The number of benzene rings is 1. The lowest BCUT2D eigenvalue weighted by Gasteiger charge is -2.31. The molecular formula is C24H38N8O6. The lowest BCUT2D eigenvalue weighted by molar-refractivity contribution is -0.142. The molecule has 14 nitrogen and oxygen atoms in total. The summed E-state index contributed by atoms with van der Waals surface area (Å²) in [7, 11) is 2.91. The smallest absolute Gasteiger partial charge is 0.245 e. The Kier molecular flexibility index (Phi) is 13.1. The Morgan fingerprint density at radius 3 is 2.11 bits per heavy atom. The van der Waals surface area contributed by atoms with Gasteiger partial charge in [0, 0.05) is 33.4 Å². The van der Waals surface area contributed by atoms with Crippen molar-refractivity contribution in [2.24, 2.45) is 27.9 Å². The molecule has 0 aliphatic rings. The summed E-state index contributed by atoms with van der Waals surface area (Å²) >= 11 is 0. The van der Waals surface area contributed by atoms with Gasteiger partial charge in [0.1, 0.15) is 23.9 Å². The molecule has 0 saturated carbocycles. The standard InChI is InChI=1S/C24H38N8O6/c1-14(33)30-17(10-11-20(25)34)23(37)32(2)19(5-4-12-29-24(27)28)22(36)31-18(21(26)35)13-15-6-8-16(38-3)9-7-15/h6-9,17-19H,4-5,10-13H2,1-3H3,(H2,25,34)(H2,26,35)(H,30,33)(H,31,36)(H4,27,28,29)/t17-,18-,19-/m0/s1. The van der Waals surface area contributed by atoms with E-state index in [9.17, 15) is 24.0 Å². The first-order chi connectivity index (χ1) is 17.8. The van der Waals surface area contributed by atoms with Crippen LogP contribution in [0.25, 0.3) is 0 Å². The third-order valence-corrected chi connectivity index (χ3v) is 5.66. The molecule has 0 spiro atoms. The number of rotatable bonds is 16. The number of carbonyl (C=O) groups excluding carboxylic acids is 5. The summed E-state index contributed by atoms with van der Waals surface area (Å²) in [5.41, 5.74) is 22.2. The van der Waals surface area contributed by atoms with Gasteiger partial charge in [-0.25, -0.2) is 0 Å². The molecule has 0 saturated heterocycles. The highest BCUT2D eigenvalue weighted by atomic mass is 16.5. The number of nitrogens with one attached hydrogen (secondary N) is 2. The first-order valence-corrected chi connectivity index (χ1v) is 12.0. The van der Waals surface area contributed by atoms with E-state index in [1.165, 1.54) is 21.1 Å². The quantitative estimate of drug-likeness (QED) is 0.0775. The van der Waals surface area contributed by atoms with E-state index in [4.69, 9.17) is 27.7 Å². The second kappa shape index (κ2) is 15.7. The molecule has 5 amide bonds. The highest BCUT2D eigenvalue weighted by Gasteiger charge is 2.33. The van der Waals surface area contributed by atoms with E-state index >= 15 is 0 Å². The molecule has 1 rings (SSSR count). The Bertz CT molecular complexity index is 1010. The van der Waals surface area contributed by atoms with Gasteiger partial charge in [0.2, 0.25) is 29.5 Å². The molecule has 14 heteroatoms. The number of methoxy groups -OCH3 is 1. The fraction of sp³-hybridized carbons (Fsp3) is 0.500. The van der Waals surface area contributed by atoms with Crippen molar-refractivity contribution in [2.45, 2.75) is 57.2 Å². The largest absolute Gasteiger partial charge is 0.497 e. The number of primary amides is 2. The number of ether oxygens (including phenoxy) is 1. The predicted octanol–water partition coefficient (Wildman–Crippen LogP) is -2.14. The lowest BCUT2D eigenvalue weighted by Crippen LogP contribution is -2.57. The number of aliphatic imine (C=N–C) groups is 1. The zero-order chi connectivity index (χ0) is 28.8. The SMILES string of the molecule is COc1ccc(C[C@H](NC(=O)[C@H](CCCN=C(N)N)N(C)C(=O)[C@H](CCC(N)=O)NC(C)=O)C(N)=O)cc1. The molecule has 0 unspecified atom stereocenters. The summed E-state index contributed by atoms with van der Waals surface area (Å²) in [6.07, 6.45) is 0.344. The summed E-state index contributed by atoms with van der Waals surface area (Å²) in [5.74, 6) is -2.66. The van der Waals surface area contributed by atoms with Crippen molar-refractivity contribution in [3.63, 3.8) is 0 Å². The monoisotopic (exact) mass is 534 g/mol. The van der Waals surface area contributed by atoms with Crippen molar-refractivity contribution < 1.29 is 28.7 Å². The van der Waals surface area contributed by atoms with Gasteiger partial charge in [-0.3, -0.25) is 29.0 Å². The fourth-order valence-corrected chi connectivity index (χ4v) is 3.67. The summed E-state index contributed by atoms with van der Waals surface area (Å²) in [6, 6.07) is 3.66. The van der Waals surface area contributed by atoms with Gasteiger partial charge in [-0.1, -0.05) is 12.1 Å². The Labute approximate surface area is 221 Å². The molecule has 0 fully saturated rings. The summed E-state index contributed by atoms with van der Waals surface area (Å²) in [6.45, 7) is 1.41. The maximum atomic E-state index is 13.4. The minimum atomic E-state index is -1.09. The molecule has 1 aromatic rings. The van der Waals surface area contributed by atoms with Crippen LogP contribution in [0.5, 0.6) is 5.75 Å². The Balaban J connectivity index is 3.14. The molecule has 0 bridgehead atoms. The number of nitrogens with two attached hydrogens (primary N) is 4. The van der Waals surface area contributed by atoms with E-state index in [2.05, 4.69) is 15.6 Å². The summed E-state index contributed by atoms with van der Waals surface area (Å²) in [4.78, 5) is 66.7. The number of nitrogens with zero attached hydrogens (tertiary/aromatic N) is 2. The normalized spacial score (nSPS) is 12.8. The Morgan fingerprint density at radius 1 is 0.974 bits per heavy atom. The average molecular weight is 535 g/mol. The molecule has 0 aromatic heterocycles. The van der Waals surface area contributed by atoms with Crippen LogP contribution in [-0.4, -0.2) is 79.2 Å². The Morgan fingerprint density at radius 2 is 1.61 bits per heavy atom. The highest BCUT2D eigenvalue weighted by molar-refractivity contribution is 5.94. The van der Waals surface area contributed by atoms with Crippen molar-refractivity contribution in [1.29, 1.82) is 0 Å². The van der Waals surface area contributed by atoms with Gasteiger partial charge in [0.25, 0.3) is 0 Å². The van der Waals surface area contributed by atoms with Crippen LogP contribution in [0.1, 0.15) is 38.2 Å². The molecule has 0 aliphatic heterocycles. The van der Waals surface area contributed by atoms with Crippen LogP contribution < -0.4 is 38.3 Å². The van der Waals surface area contributed by atoms with Gasteiger partial charge in [-0.05, 0) is 37.0 Å². The van der Waals surface area contributed by atoms with Crippen molar-refractivity contribution in [1.82, 2.24) is 15.5 Å². The molecule has 1 aromatic carbocycles. The Hall–Kier alpha value is -4.36. The van der Waals surface area contributed by atoms with E-state index in [-0.39, 0.29) is 38.2 Å². The zero-order valence-corrected chi connectivity index (χ0v) is 21.9. The maximum Gasteiger partial charge on any atom is 0.245 e. The van der Waals surface area contributed by atoms with Gasteiger partial charge in [0.05, 0.1) is 7.11 Å². The van der Waals surface area contributed by atoms with Crippen LogP contribution in [0.2, 0.25) is 0 Å². The van der Waals surface area contributed by atoms with Crippen LogP contribution in [0, 0.1) is 0 Å². The van der Waals surface area contributed by atoms with Crippen LogP contribution in [0.15, 0.2) is 29.3 Å². The van der Waals surface area contributed by atoms with Gasteiger partial charge >= 0.3 is 0 Å². The number of likely N-dealkylation sites (N-methyl/N-ethyl adjacent to an activating group) is 1. The van der Waals surface area contributed by atoms with Crippen molar-refractivity contribution in [2.75, 3.05) is 20.7 Å². The topological polar surface area (TPSA) is 238 Å².